The van der Waals surface area contributed by atoms with Gasteiger partial charge in [-0.25, -0.2) is 9.78 Å². The number of alkyl carbamates (subject to hydrolysis) is 1. The van der Waals surface area contributed by atoms with Gasteiger partial charge in [-0.3, -0.25) is 4.79 Å². The molecule has 1 heterocycles. The standard InChI is InChI=1S/C37H44N4O6/c1-45-34-16-13-28(19-30(34)21-38)25-7-5-24(6-8-25)22-41(36(43)27-11-14-32(15-12-27)47-37(44)39-17-18-42)31-4-2-3-29(20-31)33-23-46-35(40-33)26-9-10-26/h2-4,13,16,19-20,23-27,32,42H,5-12,14-15,17-18,22H2,1H3,(H,39,44). The highest BCUT2D eigenvalue weighted by molar-refractivity contribution is 5.95. The van der Waals surface area contributed by atoms with E-state index in [4.69, 9.17) is 24.0 Å². The molecule has 0 bridgehead atoms. The van der Waals surface area contributed by atoms with E-state index in [0.717, 1.165) is 61.4 Å². The number of oxazole rings is 1. The maximum absolute atomic E-state index is 14.3. The van der Waals surface area contributed by atoms with E-state index in [1.807, 2.05) is 35.2 Å². The molecule has 248 valence electrons. The van der Waals surface area contributed by atoms with Crippen molar-refractivity contribution in [2.75, 3.05) is 31.7 Å². The van der Waals surface area contributed by atoms with Crippen molar-refractivity contribution in [3.63, 3.8) is 0 Å². The Kier molecular flexibility index (Phi) is 10.4. The summed E-state index contributed by atoms with van der Waals surface area (Å²) < 4.78 is 16.6. The fourth-order valence-electron chi connectivity index (χ4n) is 7.10. The molecule has 3 aliphatic carbocycles. The summed E-state index contributed by atoms with van der Waals surface area (Å²) in [5, 5.41) is 21.1. The molecular weight excluding hydrogens is 596 g/mol. The van der Waals surface area contributed by atoms with Crippen LogP contribution in [0.2, 0.25) is 0 Å². The highest BCUT2D eigenvalue weighted by Gasteiger charge is 2.34. The van der Waals surface area contributed by atoms with Crippen LogP contribution in [0.5, 0.6) is 5.75 Å². The molecule has 2 N–H and O–H groups in total. The number of aromatic nitrogens is 1. The zero-order valence-corrected chi connectivity index (χ0v) is 27.0. The largest absolute Gasteiger partial charge is 0.495 e. The van der Waals surface area contributed by atoms with Gasteiger partial charge < -0.3 is 29.2 Å². The van der Waals surface area contributed by atoms with Crippen LogP contribution in [-0.4, -0.2) is 55.0 Å². The van der Waals surface area contributed by atoms with E-state index in [0.29, 0.717) is 61.3 Å². The van der Waals surface area contributed by atoms with Crippen LogP contribution in [-0.2, 0) is 9.53 Å². The first-order chi connectivity index (χ1) is 22.9. The molecule has 0 spiro atoms. The fourth-order valence-corrected chi connectivity index (χ4v) is 7.10. The highest BCUT2D eigenvalue weighted by Crippen LogP contribution is 2.41. The van der Waals surface area contributed by atoms with Crippen molar-refractivity contribution in [1.82, 2.24) is 10.3 Å². The Morgan fingerprint density at radius 3 is 2.49 bits per heavy atom. The summed E-state index contributed by atoms with van der Waals surface area (Å²) in [7, 11) is 1.58. The smallest absolute Gasteiger partial charge is 0.407 e. The lowest BCUT2D eigenvalue weighted by atomic mass is 9.78. The van der Waals surface area contributed by atoms with Gasteiger partial charge in [0.15, 0.2) is 5.89 Å². The number of carbonyl (C=O) groups is 2. The summed E-state index contributed by atoms with van der Waals surface area (Å²) in [6, 6.07) is 16.2. The third-order valence-corrected chi connectivity index (χ3v) is 9.95. The van der Waals surface area contributed by atoms with Gasteiger partial charge in [0.05, 0.1) is 19.3 Å². The molecule has 0 aliphatic heterocycles. The van der Waals surface area contributed by atoms with Crippen LogP contribution in [0.15, 0.2) is 53.1 Å². The van der Waals surface area contributed by atoms with Gasteiger partial charge in [-0.15, -0.1) is 0 Å². The van der Waals surface area contributed by atoms with E-state index in [1.54, 1.807) is 13.4 Å². The number of aliphatic hydroxyl groups is 1. The van der Waals surface area contributed by atoms with Crippen molar-refractivity contribution >= 4 is 17.7 Å². The van der Waals surface area contributed by atoms with Gasteiger partial charge in [0.25, 0.3) is 0 Å². The van der Waals surface area contributed by atoms with Crippen molar-refractivity contribution in [3.8, 4) is 23.1 Å². The predicted molar refractivity (Wildman–Crippen MR) is 176 cm³/mol. The predicted octanol–water partition coefficient (Wildman–Crippen LogP) is 6.68. The molecule has 0 unspecified atom stereocenters. The minimum Gasteiger partial charge on any atom is -0.495 e. The molecule has 0 radical (unpaired) electrons. The minimum atomic E-state index is -0.529. The van der Waals surface area contributed by atoms with Crippen molar-refractivity contribution in [1.29, 1.82) is 5.26 Å². The summed E-state index contributed by atoms with van der Waals surface area (Å²) in [6.45, 7) is 0.643. The first-order valence-electron chi connectivity index (χ1n) is 17.0. The summed E-state index contributed by atoms with van der Waals surface area (Å²) in [5.74, 6) is 2.47. The minimum absolute atomic E-state index is 0.111. The van der Waals surface area contributed by atoms with Gasteiger partial charge in [0, 0.05) is 36.2 Å². The number of carbonyl (C=O) groups excluding carboxylic acids is 2. The molecule has 10 heteroatoms. The Bertz CT molecular complexity index is 1580. The number of amides is 2. The van der Waals surface area contributed by atoms with Crippen molar-refractivity contribution in [2.45, 2.75) is 82.1 Å². The normalized spacial score (nSPS) is 22.6. The lowest BCUT2D eigenvalue weighted by Gasteiger charge is -2.36. The van der Waals surface area contributed by atoms with E-state index < -0.39 is 6.09 Å². The Balaban J connectivity index is 1.16. The summed E-state index contributed by atoms with van der Waals surface area (Å²) >= 11 is 0. The van der Waals surface area contributed by atoms with Crippen molar-refractivity contribution < 1.29 is 28.6 Å². The number of nitriles is 1. The number of anilines is 1. The third-order valence-electron chi connectivity index (χ3n) is 9.95. The van der Waals surface area contributed by atoms with Crippen LogP contribution in [0.1, 0.15) is 93.1 Å². The molecule has 3 saturated carbocycles. The first-order valence-corrected chi connectivity index (χ1v) is 17.0. The van der Waals surface area contributed by atoms with Gasteiger partial charge in [0.2, 0.25) is 5.91 Å². The molecule has 47 heavy (non-hydrogen) atoms. The maximum atomic E-state index is 14.3. The van der Waals surface area contributed by atoms with Gasteiger partial charge >= 0.3 is 6.09 Å². The Hall–Kier alpha value is -4.36. The molecule has 1 aromatic heterocycles. The van der Waals surface area contributed by atoms with E-state index in [2.05, 4.69) is 23.5 Å². The van der Waals surface area contributed by atoms with Crippen LogP contribution < -0.4 is 15.0 Å². The Labute approximate surface area is 276 Å². The number of nitrogens with zero attached hydrogens (tertiary/aromatic N) is 3. The second kappa shape index (κ2) is 15.0. The zero-order valence-electron chi connectivity index (χ0n) is 27.0. The van der Waals surface area contributed by atoms with Crippen LogP contribution in [0.25, 0.3) is 11.3 Å². The number of aliphatic hydroxyl groups excluding tert-OH is 1. The van der Waals surface area contributed by atoms with Gasteiger partial charge in [-0.2, -0.15) is 5.26 Å². The molecule has 3 aromatic rings. The van der Waals surface area contributed by atoms with E-state index in [9.17, 15) is 14.9 Å². The molecule has 2 amide bonds. The lowest BCUT2D eigenvalue weighted by molar-refractivity contribution is -0.124. The number of methoxy groups -OCH3 is 1. The highest BCUT2D eigenvalue weighted by atomic mass is 16.6. The van der Waals surface area contributed by atoms with Gasteiger partial charge in [-0.05, 0) is 106 Å². The number of ether oxygens (including phenoxy) is 2. The van der Waals surface area contributed by atoms with Crippen LogP contribution >= 0.6 is 0 Å². The SMILES string of the molecule is COc1ccc(C2CCC(CN(C(=O)C3CCC(OC(=O)NCCO)CC3)c3cccc(-c4coc(C5CC5)n4)c3)CC2)cc1C#N. The molecule has 3 aliphatic rings. The van der Waals surface area contributed by atoms with Crippen LogP contribution in [0.3, 0.4) is 0 Å². The second-order valence-electron chi connectivity index (χ2n) is 13.2. The molecule has 0 saturated heterocycles. The number of rotatable bonds is 11. The molecule has 0 atom stereocenters. The molecular formula is C37H44N4O6. The Morgan fingerprint density at radius 1 is 1.02 bits per heavy atom. The summed E-state index contributed by atoms with van der Waals surface area (Å²) in [5.41, 5.74) is 4.31. The number of hydrogen-bond acceptors (Lipinski definition) is 8. The van der Waals surface area contributed by atoms with Gasteiger partial charge in [-0.1, -0.05) is 18.2 Å². The summed E-state index contributed by atoms with van der Waals surface area (Å²) in [4.78, 5) is 33.1. The maximum Gasteiger partial charge on any atom is 0.407 e. The lowest BCUT2D eigenvalue weighted by Crippen LogP contribution is -2.42. The monoisotopic (exact) mass is 640 g/mol. The quantitative estimate of drug-likeness (QED) is 0.237. The molecule has 10 nitrogen and oxygen atoms in total. The van der Waals surface area contributed by atoms with Gasteiger partial charge in [0.1, 0.15) is 29.9 Å². The van der Waals surface area contributed by atoms with Crippen LogP contribution in [0, 0.1) is 23.2 Å². The second-order valence-corrected chi connectivity index (χ2v) is 13.2. The number of benzene rings is 2. The third kappa shape index (κ3) is 7.96. The average Bonchev–Trinajstić information content (AvgIpc) is 3.85. The van der Waals surface area contributed by atoms with Crippen molar-refractivity contribution in [3.05, 3.63) is 65.7 Å². The fraction of sp³-hybridized carbons (Fsp3) is 0.514. The average molecular weight is 641 g/mol. The van der Waals surface area contributed by atoms with E-state index >= 15 is 0 Å². The first kappa shape index (κ1) is 32.6. The molecule has 3 fully saturated rings. The molecule has 2 aromatic carbocycles. The summed E-state index contributed by atoms with van der Waals surface area (Å²) in [6.07, 6.45) is 9.67. The van der Waals surface area contributed by atoms with E-state index in [1.165, 1.54) is 5.56 Å². The van der Waals surface area contributed by atoms with Crippen LogP contribution in [0.4, 0.5) is 10.5 Å². The number of hydrogen-bond donors (Lipinski definition) is 2. The van der Waals surface area contributed by atoms with Crippen molar-refractivity contribution in [2.24, 2.45) is 11.8 Å². The zero-order chi connectivity index (χ0) is 32.8. The Morgan fingerprint density at radius 2 is 1.79 bits per heavy atom. The molecule has 6 rings (SSSR count). The number of nitrogens with one attached hydrogen (secondary N) is 1. The topological polar surface area (TPSA) is 138 Å². The van der Waals surface area contributed by atoms with E-state index in [-0.39, 0.29) is 31.1 Å².